The van der Waals surface area contributed by atoms with Crippen molar-refractivity contribution in [3.63, 3.8) is 0 Å². The monoisotopic (exact) mass is 381 g/mol. The first-order valence-corrected chi connectivity index (χ1v) is 9.65. The first-order valence-electron chi connectivity index (χ1n) is 9.65. The second-order valence-electron chi connectivity index (χ2n) is 7.37. The number of rotatable bonds is 9. The first kappa shape index (κ1) is 20.1. The summed E-state index contributed by atoms with van der Waals surface area (Å²) in [7, 11) is 0. The van der Waals surface area contributed by atoms with Crippen LogP contribution < -0.4 is 15.7 Å². The molecule has 1 heterocycles. The molecule has 0 spiro atoms. The van der Waals surface area contributed by atoms with Crippen molar-refractivity contribution in [1.82, 2.24) is 5.32 Å². The van der Waals surface area contributed by atoms with Crippen molar-refractivity contribution < 1.29 is 14.3 Å². The fourth-order valence-corrected chi connectivity index (χ4v) is 3.13. The highest BCUT2D eigenvalue weighted by Crippen LogP contribution is 2.29. The van der Waals surface area contributed by atoms with E-state index < -0.39 is 6.10 Å². The zero-order chi connectivity index (χ0) is 19.9. The Bertz CT molecular complexity index is 950. The molecule has 1 aromatic heterocycles. The Hall–Kier alpha value is -2.63. The molecule has 0 saturated heterocycles. The van der Waals surface area contributed by atoms with Crippen LogP contribution in [0.25, 0.3) is 11.0 Å². The van der Waals surface area contributed by atoms with Crippen molar-refractivity contribution in [2.75, 3.05) is 13.2 Å². The van der Waals surface area contributed by atoms with Crippen LogP contribution in [0.4, 0.5) is 0 Å². The molecule has 1 unspecified atom stereocenters. The van der Waals surface area contributed by atoms with Crippen LogP contribution in [-0.4, -0.2) is 24.4 Å². The Balaban J connectivity index is 1.69. The second-order valence-corrected chi connectivity index (χ2v) is 7.37. The quantitative estimate of drug-likeness (QED) is 0.555. The maximum Gasteiger partial charge on any atom is 0.343 e. The van der Waals surface area contributed by atoms with Crippen LogP contribution in [0.15, 0.2) is 63.8 Å². The zero-order valence-corrected chi connectivity index (χ0v) is 16.4. The van der Waals surface area contributed by atoms with Gasteiger partial charge >= 0.3 is 5.63 Å². The lowest BCUT2D eigenvalue weighted by molar-refractivity contribution is 0.106. The van der Waals surface area contributed by atoms with E-state index in [4.69, 9.17) is 9.15 Å². The molecule has 5 nitrogen and oxygen atoms in total. The van der Waals surface area contributed by atoms with Crippen LogP contribution in [0.5, 0.6) is 5.75 Å². The molecule has 0 radical (unpaired) electrons. The summed E-state index contributed by atoms with van der Waals surface area (Å²) in [5, 5.41) is 14.3. The molecule has 2 aromatic carbocycles. The lowest BCUT2D eigenvalue weighted by Gasteiger charge is -2.17. The van der Waals surface area contributed by atoms with E-state index in [1.807, 2.05) is 62.4 Å². The Morgan fingerprint density at radius 1 is 1.07 bits per heavy atom. The molecule has 5 heteroatoms. The summed E-state index contributed by atoms with van der Waals surface area (Å²) in [6, 6.07) is 17.3. The van der Waals surface area contributed by atoms with Gasteiger partial charge in [0.15, 0.2) is 0 Å². The number of ether oxygens (including phenoxy) is 1. The third-order valence-electron chi connectivity index (χ3n) is 4.44. The van der Waals surface area contributed by atoms with Gasteiger partial charge in [-0.2, -0.15) is 0 Å². The van der Waals surface area contributed by atoms with Gasteiger partial charge < -0.3 is 19.6 Å². The number of hydrogen-bond donors (Lipinski definition) is 2. The summed E-state index contributed by atoms with van der Waals surface area (Å²) in [5.74, 6) is 0.798. The predicted molar refractivity (Wildman–Crippen MR) is 111 cm³/mol. The van der Waals surface area contributed by atoms with Gasteiger partial charge in [-0.15, -0.1) is 0 Å². The van der Waals surface area contributed by atoms with Crippen molar-refractivity contribution in [2.45, 2.75) is 32.9 Å². The highest BCUT2D eigenvalue weighted by Gasteiger charge is 2.18. The van der Waals surface area contributed by atoms with Gasteiger partial charge in [0.1, 0.15) is 24.0 Å². The van der Waals surface area contributed by atoms with Gasteiger partial charge in [0.05, 0.1) is 10.9 Å². The normalized spacial score (nSPS) is 12.4. The minimum Gasteiger partial charge on any atom is -0.490 e. The van der Waals surface area contributed by atoms with E-state index in [0.29, 0.717) is 36.4 Å². The Kier molecular flexibility index (Phi) is 6.85. The fraction of sp³-hybridized carbons (Fsp3) is 0.348. The number of aliphatic hydroxyl groups excluding tert-OH is 1. The van der Waals surface area contributed by atoms with Crippen molar-refractivity contribution in [2.24, 2.45) is 5.92 Å². The van der Waals surface area contributed by atoms with Gasteiger partial charge in [-0.3, -0.25) is 0 Å². The third kappa shape index (κ3) is 5.21. The summed E-state index contributed by atoms with van der Waals surface area (Å²) in [5.41, 5.74) is 1.80. The highest BCUT2D eigenvalue weighted by molar-refractivity contribution is 5.84. The molecule has 0 amide bonds. The molecular formula is C23H27NO4. The molecule has 3 aromatic rings. The van der Waals surface area contributed by atoms with Crippen LogP contribution in [0.2, 0.25) is 0 Å². The Labute approximate surface area is 165 Å². The molecule has 2 N–H and O–H groups in total. The summed E-state index contributed by atoms with van der Waals surface area (Å²) in [6.45, 7) is 5.25. The first-order chi connectivity index (χ1) is 13.5. The average Bonchev–Trinajstić information content (AvgIpc) is 2.68. The van der Waals surface area contributed by atoms with E-state index in [0.717, 1.165) is 10.9 Å². The lowest BCUT2D eigenvalue weighted by atomic mass is 10.0. The standard InChI is InChI=1S/C23H27NO4/c1-16(2)12-20-22(19-10-6-7-11-21(19)28-23(20)26)27-15-18(25)14-24-13-17-8-4-3-5-9-17/h3-11,16,18,24-25H,12-15H2,1-2H3. The molecule has 148 valence electrons. The molecule has 0 fully saturated rings. The average molecular weight is 381 g/mol. The Morgan fingerprint density at radius 2 is 1.79 bits per heavy atom. The van der Waals surface area contributed by atoms with Gasteiger partial charge in [0, 0.05) is 13.1 Å². The van der Waals surface area contributed by atoms with E-state index in [-0.39, 0.29) is 18.2 Å². The summed E-state index contributed by atoms with van der Waals surface area (Å²) in [6.07, 6.45) is -0.133. The molecule has 0 saturated carbocycles. The largest absolute Gasteiger partial charge is 0.490 e. The van der Waals surface area contributed by atoms with E-state index >= 15 is 0 Å². The zero-order valence-electron chi connectivity index (χ0n) is 16.4. The highest BCUT2D eigenvalue weighted by atomic mass is 16.5. The number of hydrogen-bond acceptors (Lipinski definition) is 5. The number of aliphatic hydroxyl groups is 1. The van der Waals surface area contributed by atoms with Gasteiger partial charge in [-0.1, -0.05) is 56.3 Å². The van der Waals surface area contributed by atoms with Gasteiger partial charge in [0.25, 0.3) is 0 Å². The fourth-order valence-electron chi connectivity index (χ4n) is 3.13. The SMILES string of the molecule is CC(C)Cc1c(OCC(O)CNCc2ccccc2)c2ccccc2oc1=O. The second kappa shape index (κ2) is 9.53. The number of nitrogens with one attached hydrogen (secondary N) is 1. The van der Waals surface area contributed by atoms with Crippen molar-refractivity contribution in [1.29, 1.82) is 0 Å². The molecule has 1 atom stereocenters. The molecule has 28 heavy (non-hydrogen) atoms. The van der Waals surface area contributed by atoms with Gasteiger partial charge in [0.2, 0.25) is 0 Å². The van der Waals surface area contributed by atoms with Gasteiger partial charge in [-0.25, -0.2) is 4.79 Å². The molecular weight excluding hydrogens is 354 g/mol. The molecule has 0 aliphatic heterocycles. The summed E-state index contributed by atoms with van der Waals surface area (Å²) >= 11 is 0. The van der Waals surface area contributed by atoms with Crippen molar-refractivity contribution >= 4 is 11.0 Å². The van der Waals surface area contributed by atoms with E-state index in [2.05, 4.69) is 5.32 Å². The smallest absolute Gasteiger partial charge is 0.343 e. The Morgan fingerprint density at radius 3 is 2.54 bits per heavy atom. The van der Waals surface area contributed by atoms with E-state index in [1.165, 1.54) is 0 Å². The van der Waals surface area contributed by atoms with Crippen LogP contribution in [0, 0.1) is 5.92 Å². The van der Waals surface area contributed by atoms with Crippen LogP contribution in [-0.2, 0) is 13.0 Å². The predicted octanol–water partition coefficient (Wildman–Crippen LogP) is 3.52. The van der Waals surface area contributed by atoms with Crippen molar-refractivity contribution in [3.05, 3.63) is 76.1 Å². The maximum absolute atomic E-state index is 12.4. The number of benzene rings is 2. The van der Waals surface area contributed by atoms with Gasteiger partial charge in [-0.05, 0) is 30.0 Å². The summed E-state index contributed by atoms with van der Waals surface area (Å²) < 4.78 is 11.4. The minimum atomic E-state index is -0.693. The van der Waals surface area contributed by atoms with Crippen molar-refractivity contribution in [3.8, 4) is 5.75 Å². The molecule has 3 rings (SSSR count). The minimum absolute atomic E-state index is 0.0976. The van der Waals surface area contributed by atoms with Crippen LogP contribution in [0.1, 0.15) is 25.0 Å². The molecule has 0 aliphatic rings. The number of para-hydroxylation sites is 1. The summed E-state index contributed by atoms with van der Waals surface area (Å²) in [4.78, 5) is 12.4. The third-order valence-corrected chi connectivity index (χ3v) is 4.44. The number of fused-ring (bicyclic) bond motifs is 1. The molecule has 0 aliphatic carbocycles. The van der Waals surface area contributed by atoms with E-state index in [9.17, 15) is 9.90 Å². The maximum atomic E-state index is 12.4. The van der Waals surface area contributed by atoms with E-state index in [1.54, 1.807) is 6.07 Å². The molecule has 0 bridgehead atoms. The van der Waals surface area contributed by atoms with Crippen LogP contribution >= 0.6 is 0 Å². The lowest BCUT2D eigenvalue weighted by Crippen LogP contribution is -2.31. The topological polar surface area (TPSA) is 71.7 Å². The van der Waals surface area contributed by atoms with Crippen LogP contribution in [0.3, 0.4) is 0 Å².